The molecule has 2 aromatic carbocycles. The first-order chi connectivity index (χ1) is 16.6. The van der Waals surface area contributed by atoms with Gasteiger partial charge in [-0.25, -0.2) is 4.79 Å². The van der Waals surface area contributed by atoms with E-state index in [2.05, 4.69) is 10.3 Å². The van der Waals surface area contributed by atoms with E-state index in [9.17, 15) is 14.4 Å². The van der Waals surface area contributed by atoms with Crippen molar-refractivity contribution in [3.05, 3.63) is 70.9 Å². The highest BCUT2D eigenvalue weighted by Crippen LogP contribution is 2.28. The number of H-pyrrole nitrogens is 1. The van der Waals surface area contributed by atoms with E-state index >= 15 is 0 Å². The molecule has 0 aliphatic carbocycles. The second kappa shape index (κ2) is 9.30. The van der Waals surface area contributed by atoms with Gasteiger partial charge in [0.05, 0.1) is 0 Å². The highest BCUT2D eigenvalue weighted by Gasteiger charge is 2.46. The van der Waals surface area contributed by atoms with Gasteiger partial charge in [-0.1, -0.05) is 36.4 Å². The molecule has 0 saturated carbocycles. The van der Waals surface area contributed by atoms with E-state index in [0.717, 1.165) is 40.4 Å². The average molecular weight is 460 g/mol. The summed E-state index contributed by atoms with van der Waals surface area (Å²) in [7, 11) is 0. The number of hydrogen-bond donors (Lipinski definition) is 3. The van der Waals surface area contributed by atoms with Crippen LogP contribution >= 0.6 is 0 Å². The number of aromatic nitrogens is 1. The van der Waals surface area contributed by atoms with Crippen LogP contribution in [0, 0.1) is 0 Å². The highest BCUT2D eigenvalue weighted by atomic mass is 16.2. The number of nitrogens with zero attached hydrogens (tertiary/aromatic N) is 2. The topological polar surface area (TPSA) is 112 Å². The standard InChI is InChI=1S/C26H29N5O3/c27-12-10-19-20-15-17(11-14-31-25(33)22-7-4-13-30(22)26(31)34)8-9-21(20)29-23(19)24(32)28-16-18-5-2-1-3-6-18/h1-3,5-6,8-9,15,22,29H,4,7,10-14,16,27H2,(H,28,32). The van der Waals surface area contributed by atoms with E-state index < -0.39 is 0 Å². The van der Waals surface area contributed by atoms with E-state index in [1.54, 1.807) is 4.90 Å². The number of aromatic amines is 1. The van der Waals surface area contributed by atoms with Crippen LogP contribution in [0.4, 0.5) is 4.79 Å². The van der Waals surface area contributed by atoms with Gasteiger partial charge >= 0.3 is 6.03 Å². The lowest BCUT2D eigenvalue weighted by Gasteiger charge is -2.15. The molecule has 0 radical (unpaired) electrons. The van der Waals surface area contributed by atoms with Crippen LogP contribution in [-0.2, 0) is 24.2 Å². The second-order valence-corrected chi connectivity index (χ2v) is 8.94. The molecule has 34 heavy (non-hydrogen) atoms. The molecule has 2 aliphatic heterocycles. The van der Waals surface area contributed by atoms with Gasteiger partial charge in [-0.15, -0.1) is 0 Å². The Hall–Kier alpha value is -3.65. The molecule has 3 aromatic rings. The number of nitrogens with two attached hydrogens (primary N) is 1. The molecule has 8 heteroatoms. The molecule has 2 saturated heterocycles. The van der Waals surface area contributed by atoms with E-state index in [-0.39, 0.29) is 23.9 Å². The number of fused-ring (bicyclic) bond motifs is 2. The Morgan fingerprint density at radius 1 is 1.09 bits per heavy atom. The molecule has 5 rings (SSSR count). The number of hydrogen-bond acceptors (Lipinski definition) is 4. The minimum Gasteiger partial charge on any atom is -0.350 e. The third-order valence-electron chi connectivity index (χ3n) is 6.79. The van der Waals surface area contributed by atoms with Gasteiger partial charge in [-0.2, -0.15) is 0 Å². The fourth-order valence-corrected chi connectivity index (χ4v) is 5.04. The predicted octanol–water partition coefficient (Wildman–Crippen LogP) is 2.57. The number of carbonyl (C=O) groups is 3. The minimum absolute atomic E-state index is 0.0774. The van der Waals surface area contributed by atoms with Crippen LogP contribution in [0.25, 0.3) is 10.9 Å². The molecular weight excluding hydrogens is 430 g/mol. The Labute approximate surface area is 198 Å². The number of nitrogens with one attached hydrogen (secondary N) is 2. The third kappa shape index (κ3) is 4.05. The molecule has 0 bridgehead atoms. The van der Waals surface area contributed by atoms with Crippen LogP contribution in [0.5, 0.6) is 0 Å². The Bertz CT molecular complexity index is 1210. The molecular formula is C26H29N5O3. The van der Waals surface area contributed by atoms with Crippen molar-refractivity contribution < 1.29 is 14.4 Å². The number of imide groups is 1. The van der Waals surface area contributed by atoms with Crippen molar-refractivity contribution in [3.63, 3.8) is 0 Å². The fourth-order valence-electron chi connectivity index (χ4n) is 5.04. The number of carbonyl (C=O) groups excluding carboxylic acids is 3. The van der Waals surface area contributed by atoms with Crippen molar-refractivity contribution in [3.8, 4) is 0 Å². The molecule has 2 aliphatic rings. The zero-order chi connectivity index (χ0) is 23.7. The molecule has 1 aromatic heterocycles. The van der Waals surface area contributed by atoms with E-state index in [0.29, 0.717) is 44.7 Å². The first kappa shape index (κ1) is 22.2. The summed E-state index contributed by atoms with van der Waals surface area (Å²) in [6.07, 6.45) is 2.79. The lowest BCUT2D eigenvalue weighted by Crippen LogP contribution is -2.34. The summed E-state index contributed by atoms with van der Waals surface area (Å²) in [5.74, 6) is -0.245. The quantitative estimate of drug-likeness (QED) is 0.450. The van der Waals surface area contributed by atoms with Crippen LogP contribution < -0.4 is 11.1 Å². The van der Waals surface area contributed by atoms with E-state index in [4.69, 9.17) is 5.73 Å². The van der Waals surface area contributed by atoms with Crippen LogP contribution in [0.3, 0.4) is 0 Å². The molecule has 1 atom stereocenters. The minimum atomic E-state index is -0.271. The summed E-state index contributed by atoms with van der Waals surface area (Å²) in [5.41, 5.74) is 10.2. The van der Waals surface area contributed by atoms with Crippen molar-refractivity contribution in [2.75, 3.05) is 19.6 Å². The molecule has 2 fully saturated rings. The van der Waals surface area contributed by atoms with Crippen molar-refractivity contribution in [1.82, 2.24) is 20.1 Å². The van der Waals surface area contributed by atoms with Gasteiger partial charge in [-0.3, -0.25) is 14.5 Å². The first-order valence-corrected chi connectivity index (χ1v) is 11.8. The summed E-state index contributed by atoms with van der Waals surface area (Å²) >= 11 is 0. The van der Waals surface area contributed by atoms with Gasteiger partial charge in [-0.05, 0) is 61.1 Å². The third-order valence-corrected chi connectivity index (χ3v) is 6.79. The number of rotatable bonds is 8. The Morgan fingerprint density at radius 3 is 2.68 bits per heavy atom. The fraction of sp³-hybridized carbons (Fsp3) is 0.346. The average Bonchev–Trinajstić information content (AvgIpc) is 3.53. The predicted molar refractivity (Wildman–Crippen MR) is 129 cm³/mol. The maximum atomic E-state index is 13.0. The summed E-state index contributed by atoms with van der Waals surface area (Å²) in [5, 5.41) is 3.93. The lowest BCUT2D eigenvalue weighted by molar-refractivity contribution is -0.127. The SMILES string of the molecule is NCCc1c(C(=O)NCc2ccccc2)[nH]c2ccc(CCN3C(=O)C4CCCN4C3=O)cc12. The van der Waals surface area contributed by atoms with Gasteiger partial charge in [0.15, 0.2) is 0 Å². The summed E-state index contributed by atoms with van der Waals surface area (Å²) in [4.78, 5) is 44.5. The zero-order valence-electron chi connectivity index (χ0n) is 19.0. The molecule has 4 N–H and O–H groups in total. The molecule has 1 unspecified atom stereocenters. The number of benzene rings is 2. The van der Waals surface area contributed by atoms with Crippen molar-refractivity contribution >= 4 is 28.7 Å². The number of urea groups is 1. The Balaban J connectivity index is 1.33. The van der Waals surface area contributed by atoms with Crippen molar-refractivity contribution in [2.24, 2.45) is 5.73 Å². The lowest BCUT2D eigenvalue weighted by atomic mass is 10.0. The van der Waals surface area contributed by atoms with Crippen LogP contribution in [-0.4, -0.2) is 58.3 Å². The van der Waals surface area contributed by atoms with E-state index in [1.807, 2.05) is 48.5 Å². The molecule has 8 nitrogen and oxygen atoms in total. The van der Waals surface area contributed by atoms with Gasteiger partial charge in [0.2, 0.25) is 0 Å². The first-order valence-electron chi connectivity index (χ1n) is 11.8. The molecule has 176 valence electrons. The normalized spacial score (nSPS) is 17.6. The molecule has 4 amide bonds. The largest absolute Gasteiger partial charge is 0.350 e. The zero-order valence-corrected chi connectivity index (χ0v) is 19.0. The van der Waals surface area contributed by atoms with Crippen LogP contribution in [0.1, 0.15) is 40.0 Å². The van der Waals surface area contributed by atoms with Gasteiger partial charge in [0, 0.05) is 30.5 Å². The van der Waals surface area contributed by atoms with E-state index in [1.165, 1.54) is 4.90 Å². The Morgan fingerprint density at radius 2 is 1.91 bits per heavy atom. The van der Waals surface area contributed by atoms with Crippen LogP contribution in [0.15, 0.2) is 48.5 Å². The highest BCUT2D eigenvalue weighted by molar-refractivity contribution is 6.04. The summed E-state index contributed by atoms with van der Waals surface area (Å²) in [6, 6.07) is 15.3. The van der Waals surface area contributed by atoms with Crippen molar-refractivity contribution in [2.45, 2.75) is 38.3 Å². The number of amides is 4. The van der Waals surface area contributed by atoms with Crippen LogP contribution in [0.2, 0.25) is 0 Å². The smallest absolute Gasteiger partial charge is 0.327 e. The monoisotopic (exact) mass is 459 g/mol. The Kier molecular flexibility index (Phi) is 6.06. The summed E-state index contributed by atoms with van der Waals surface area (Å²) in [6.45, 7) is 1.89. The maximum absolute atomic E-state index is 13.0. The van der Waals surface area contributed by atoms with Crippen molar-refractivity contribution in [1.29, 1.82) is 0 Å². The van der Waals surface area contributed by atoms with Gasteiger partial charge in [0.1, 0.15) is 11.7 Å². The second-order valence-electron chi connectivity index (χ2n) is 8.94. The summed E-state index contributed by atoms with van der Waals surface area (Å²) < 4.78 is 0. The van der Waals surface area contributed by atoms with Gasteiger partial charge in [0.25, 0.3) is 11.8 Å². The van der Waals surface area contributed by atoms with Gasteiger partial charge < -0.3 is 20.9 Å². The maximum Gasteiger partial charge on any atom is 0.327 e. The molecule has 0 spiro atoms. The molecule has 3 heterocycles.